The number of amides is 1. The van der Waals surface area contributed by atoms with E-state index in [0.717, 1.165) is 22.5 Å². The molecule has 0 saturated heterocycles. The molecule has 2 N–H and O–H groups in total. The average molecular weight is 562 g/mol. The van der Waals surface area contributed by atoms with E-state index in [1.807, 2.05) is 84.4 Å². The molecule has 1 unspecified atom stereocenters. The molecule has 42 heavy (non-hydrogen) atoms. The zero-order chi connectivity index (χ0) is 29.9. The molecule has 1 amide bonds. The molecule has 0 radical (unpaired) electrons. The molecular formula is C34H35N5O3. The van der Waals surface area contributed by atoms with Gasteiger partial charge in [0.05, 0.1) is 23.9 Å². The minimum atomic E-state index is -0.358. The van der Waals surface area contributed by atoms with E-state index in [-0.39, 0.29) is 23.3 Å². The van der Waals surface area contributed by atoms with Crippen LogP contribution in [-0.2, 0) is 10.2 Å². The summed E-state index contributed by atoms with van der Waals surface area (Å²) in [6.45, 7) is 10.6. The van der Waals surface area contributed by atoms with Crippen molar-refractivity contribution in [3.8, 4) is 0 Å². The molecule has 2 aromatic heterocycles. The summed E-state index contributed by atoms with van der Waals surface area (Å²) in [6.07, 6.45) is 13.4. The Bertz CT molecular complexity index is 1700. The Morgan fingerprint density at radius 1 is 1.02 bits per heavy atom. The maximum atomic E-state index is 13.0. The van der Waals surface area contributed by atoms with Crippen LogP contribution in [0.5, 0.6) is 0 Å². The van der Waals surface area contributed by atoms with E-state index in [4.69, 9.17) is 9.72 Å². The predicted octanol–water partition coefficient (Wildman–Crippen LogP) is 6.65. The number of aromatic nitrogens is 3. The number of anilines is 2. The minimum Gasteiger partial charge on any atom is -0.462 e. The first kappa shape index (κ1) is 28.5. The summed E-state index contributed by atoms with van der Waals surface area (Å²) in [5.41, 5.74) is 6.39. The van der Waals surface area contributed by atoms with Crippen molar-refractivity contribution in [3.05, 3.63) is 119 Å². The van der Waals surface area contributed by atoms with Crippen molar-refractivity contribution < 1.29 is 14.3 Å². The van der Waals surface area contributed by atoms with Gasteiger partial charge in [-0.3, -0.25) is 4.79 Å². The van der Waals surface area contributed by atoms with Gasteiger partial charge in [0.25, 0.3) is 5.91 Å². The number of benzene rings is 2. The summed E-state index contributed by atoms with van der Waals surface area (Å²) in [6, 6.07) is 14.5. The third kappa shape index (κ3) is 6.33. The number of ether oxygens (including phenoxy) is 1. The lowest BCUT2D eigenvalue weighted by Crippen LogP contribution is -2.32. The molecule has 1 aliphatic carbocycles. The van der Waals surface area contributed by atoms with Crippen LogP contribution in [0.25, 0.3) is 11.2 Å². The molecule has 0 aliphatic heterocycles. The third-order valence-electron chi connectivity index (χ3n) is 7.06. The lowest BCUT2D eigenvalue weighted by atomic mass is 9.86. The summed E-state index contributed by atoms with van der Waals surface area (Å²) in [5, 5.41) is 6.45. The lowest BCUT2D eigenvalue weighted by molar-refractivity contribution is 0.0526. The second-order valence-corrected chi connectivity index (χ2v) is 11.2. The number of nitrogens with one attached hydrogen (secondary N) is 2. The van der Waals surface area contributed by atoms with E-state index in [1.54, 1.807) is 25.3 Å². The Balaban J connectivity index is 1.35. The normalized spacial score (nSPS) is 15.0. The van der Waals surface area contributed by atoms with Crippen LogP contribution >= 0.6 is 0 Å². The molecule has 2 heterocycles. The van der Waals surface area contributed by atoms with Crippen LogP contribution in [0.3, 0.4) is 0 Å². The number of imidazole rings is 1. The number of nitrogens with zero attached hydrogens (tertiary/aromatic N) is 3. The van der Waals surface area contributed by atoms with Gasteiger partial charge in [0.2, 0.25) is 0 Å². The van der Waals surface area contributed by atoms with E-state index in [0.29, 0.717) is 29.2 Å². The number of rotatable bonds is 7. The van der Waals surface area contributed by atoms with E-state index < -0.39 is 0 Å². The monoisotopic (exact) mass is 561 g/mol. The van der Waals surface area contributed by atoms with E-state index in [9.17, 15) is 9.59 Å². The van der Waals surface area contributed by atoms with Gasteiger partial charge in [-0.2, -0.15) is 0 Å². The van der Waals surface area contributed by atoms with Crippen molar-refractivity contribution in [2.24, 2.45) is 0 Å². The molecule has 0 fully saturated rings. The smallest absolute Gasteiger partial charge is 0.338 e. The van der Waals surface area contributed by atoms with Gasteiger partial charge < -0.3 is 19.8 Å². The number of fused-ring (bicyclic) bond motifs is 1. The molecule has 4 aromatic rings. The van der Waals surface area contributed by atoms with Crippen LogP contribution in [0.1, 0.15) is 66.6 Å². The van der Waals surface area contributed by atoms with Crippen LogP contribution < -0.4 is 10.6 Å². The molecule has 214 valence electrons. The summed E-state index contributed by atoms with van der Waals surface area (Å²) in [7, 11) is 0. The highest BCUT2D eigenvalue weighted by molar-refractivity contribution is 5.95. The second kappa shape index (κ2) is 11.9. The quantitative estimate of drug-likeness (QED) is 0.245. The predicted molar refractivity (Wildman–Crippen MR) is 166 cm³/mol. The first-order valence-corrected chi connectivity index (χ1v) is 14.0. The number of hydrogen-bond acceptors (Lipinski definition) is 6. The van der Waals surface area contributed by atoms with Crippen molar-refractivity contribution in [2.45, 2.75) is 46.1 Å². The Kier molecular flexibility index (Phi) is 8.06. The van der Waals surface area contributed by atoms with Crippen LogP contribution in [0.2, 0.25) is 0 Å². The maximum absolute atomic E-state index is 13.0. The molecule has 0 bridgehead atoms. The van der Waals surface area contributed by atoms with Gasteiger partial charge in [-0.15, -0.1) is 0 Å². The first-order chi connectivity index (χ1) is 20.1. The van der Waals surface area contributed by atoms with E-state index in [1.165, 1.54) is 5.56 Å². The van der Waals surface area contributed by atoms with Gasteiger partial charge in [-0.25, -0.2) is 14.8 Å². The standard InChI is InChI=1S/C34H35N5O3/c1-6-42-33(41)24-12-16-26(17-13-24)36-30-31-35-18-19-39(31)21-29(38-30)28-9-7-8-27(20-22(28)2)37-32(40)23-10-14-25(15-11-23)34(3,4)5/h7-21,27H,6H2,1-5H3,(H,36,38)(H,37,40). The number of hydrogen-bond donors (Lipinski definition) is 2. The summed E-state index contributed by atoms with van der Waals surface area (Å²) >= 11 is 0. The molecule has 1 aliphatic rings. The van der Waals surface area contributed by atoms with Crippen LogP contribution in [0, 0.1) is 0 Å². The maximum Gasteiger partial charge on any atom is 0.338 e. The largest absolute Gasteiger partial charge is 0.462 e. The topological polar surface area (TPSA) is 97.6 Å². The highest BCUT2D eigenvalue weighted by Gasteiger charge is 2.18. The van der Waals surface area contributed by atoms with Crippen LogP contribution in [0.15, 0.2) is 97.0 Å². The Hall–Kier alpha value is -4.98. The van der Waals surface area contributed by atoms with Crippen LogP contribution in [0.4, 0.5) is 11.5 Å². The molecule has 8 heteroatoms. The molecule has 1 atom stereocenters. The molecule has 0 saturated carbocycles. The highest BCUT2D eigenvalue weighted by Crippen LogP contribution is 2.28. The fraction of sp³-hybridized carbons (Fsp3) is 0.235. The van der Waals surface area contributed by atoms with Crippen molar-refractivity contribution in [1.82, 2.24) is 19.7 Å². The molecule has 0 spiro atoms. The number of allylic oxidation sites excluding steroid dienone is 4. The fourth-order valence-corrected chi connectivity index (χ4v) is 4.74. The average Bonchev–Trinajstić information content (AvgIpc) is 3.36. The Morgan fingerprint density at radius 2 is 1.74 bits per heavy atom. The lowest BCUT2D eigenvalue weighted by Gasteiger charge is -2.19. The molecule has 2 aromatic carbocycles. The first-order valence-electron chi connectivity index (χ1n) is 14.0. The summed E-state index contributed by atoms with van der Waals surface area (Å²) < 4.78 is 7.00. The zero-order valence-corrected chi connectivity index (χ0v) is 24.5. The SMILES string of the molecule is CCOC(=O)c1ccc(Nc2nc(C3=CC=CC(NC(=O)c4ccc(C(C)(C)C)cc4)C=C3C)cn3ccnc23)cc1. The number of carbonyl (C=O) groups is 2. The second-order valence-electron chi connectivity index (χ2n) is 11.2. The zero-order valence-electron chi connectivity index (χ0n) is 24.5. The molecular weight excluding hydrogens is 526 g/mol. The van der Waals surface area contributed by atoms with Gasteiger partial charge in [-0.05, 0) is 66.8 Å². The van der Waals surface area contributed by atoms with Crippen molar-refractivity contribution >= 4 is 34.6 Å². The van der Waals surface area contributed by atoms with Gasteiger partial charge in [-0.1, -0.05) is 57.2 Å². The van der Waals surface area contributed by atoms with Gasteiger partial charge >= 0.3 is 5.97 Å². The Morgan fingerprint density at radius 3 is 2.43 bits per heavy atom. The Labute approximate surface area is 245 Å². The van der Waals surface area contributed by atoms with E-state index in [2.05, 4.69) is 36.4 Å². The van der Waals surface area contributed by atoms with Crippen molar-refractivity contribution in [3.63, 3.8) is 0 Å². The minimum absolute atomic E-state index is 0.0266. The third-order valence-corrected chi connectivity index (χ3v) is 7.06. The fourth-order valence-electron chi connectivity index (χ4n) is 4.74. The molecule has 5 rings (SSSR count). The molecule has 8 nitrogen and oxygen atoms in total. The van der Waals surface area contributed by atoms with Gasteiger partial charge in [0, 0.05) is 35.4 Å². The summed E-state index contributed by atoms with van der Waals surface area (Å²) in [5.74, 6) is 0.0891. The number of esters is 1. The highest BCUT2D eigenvalue weighted by atomic mass is 16.5. The van der Waals surface area contributed by atoms with Crippen molar-refractivity contribution in [1.29, 1.82) is 0 Å². The van der Waals surface area contributed by atoms with E-state index >= 15 is 0 Å². The van der Waals surface area contributed by atoms with Gasteiger partial charge in [0.1, 0.15) is 0 Å². The van der Waals surface area contributed by atoms with Crippen LogP contribution in [-0.4, -0.2) is 38.9 Å². The summed E-state index contributed by atoms with van der Waals surface area (Å²) in [4.78, 5) is 34.4. The number of carbonyl (C=O) groups excluding carboxylic acids is 2. The van der Waals surface area contributed by atoms with Crippen molar-refractivity contribution in [2.75, 3.05) is 11.9 Å². The van der Waals surface area contributed by atoms with Gasteiger partial charge in [0.15, 0.2) is 11.5 Å².